The summed E-state index contributed by atoms with van der Waals surface area (Å²) in [5, 5.41) is 8.66. The Bertz CT molecular complexity index is 185. The van der Waals surface area contributed by atoms with Crippen LogP contribution in [-0.2, 0) is 0 Å². The summed E-state index contributed by atoms with van der Waals surface area (Å²) in [4.78, 5) is 2.37. The Kier molecular flexibility index (Phi) is 4.20. The van der Waals surface area contributed by atoms with Crippen LogP contribution in [0.15, 0.2) is 0 Å². The van der Waals surface area contributed by atoms with Gasteiger partial charge in [0.15, 0.2) is 0 Å². The lowest BCUT2D eigenvalue weighted by Gasteiger charge is -2.35. The highest BCUT2D eigenvalue weighted by molar-refractivity contribution is 4.86. The maximum Gasteiger partial charge on any atom is 0.0638 e. The molecule has 1 rings (SSSR count). The lowest BCUT2D eigenvalue weighted by Crippen LogP contribution is -2.47. The van der Waals surface area contributed by atoms with E-state index in [4.69, 9.17) is 11.0 Å². The van der Waals surface area contributed by atoms with E-state index in [-0.39, 0.29) is 0 Å². The minimum atomic E-state index is 0.321. The summed E-state index contributed by atoms with van der Waals surface area (Å²) in [6.45, 7) is 4.23. The van der Waals surface area contributed by atoms with Crippen molar-refractivity contribution in [1.29, 1.82) is 5.26 Å². The molecule has 0 aromatic rings. The van der Waals surface area contributed by atoms with Gasteiger partial charge < -0.3 is 5.73 Å². The van der Waals surface area contributed by atoms with E-state index < -0.39 is 0 Å². The molecule has 13 heavy (non-hydrogen) atoms. The predicted octanol–water partition coefficient (Wildman–Crippen LogP) is 1.10. The summed E-state index contributed by atoms with van der Waals surface area (Å²) in [5.74, 6) is 0. The van der Waals surface area contributed by atoms with E-state index in [1.54, 1.807) is 0 Å². The number of hydrogen-bond acceptors (Lipinski definition) is 3. The van der Waals surface area contributed by atoms with Gasteiger partial charge in [0.05, 0.1) is 12.5 Å². The van der Waals surface area contributed by atoms with Crippen LogP contribution in [0.2, 0.25) is 0 Å². The van der Waals surface area contributed by atoms with Gasteiger partial charge in [-0.1, -0.05) is 6.92 Å². The van der Waals surface area contributed by atoms with E-state index in [9.17, 15) is 0 Å². The normalized spacial score (nSPS) is 26.7. The van der Waals surface area contributed by atoms with E-state index in [1.165, 1.54) is 6.42 Å². The number of nitrogens with two attached hydrogens (primary N) is 1. The van der Waals surface area contributed by atoms with Crippen molar-refractivity contribution in [2.75, 3.05) is 13.1 Å². The van der Waals surface area contributed by atoms with E-state index in [2.05, 4.69) is 17.9 Å². The summed E-state index contributed by atoms with van der Waals surface area (Å²) in [7, 11) is 0. The molecule has 0 aliphatic carbocycles. The van der Waals surface area contributed by atoms with Crippen molar-refractivity contribution in [1.82, 2.24) is 4.90 Å². The van der Waals surface area contributed by atoms with E-state index in [0.717, 1.165) is 25.9 Å². The van der Waals surface area contributed by atoms with Gasteiger partial charge >= 0.3 is 0 Å². The standard InChI is InChI=1S/C10H19N3/c1-2-10(5-6-11)13-7-3-4-9(12)8-13/h9-10H,2-5,7-8,12H2,1H3. The van der Waals surface area contributed by atoms with E-state index >= 15 is 0 Å². The summed E-state index contributed by atoms with van der Waals surface area (Å²) < 4.78 is 0. The fraction of sp³-hybridized carbons (Fsp3) is 0.900. The fourth-order valence-electron chi connectivity index (χ4n) is 2.01. The first-order chi connectivity index (χ1) is 6.27. The van der Waals surface area contributed by atoms with Crippen LogP contribution < -0.4 is 5.73 Å². The highest BCUT2D eigenvalue weighted by Gasteiger charge is 2.22. The molecule has 1 fully saturated rings. The molecule has 1 heterocycles. The molecule has 0 bridgehead atoms. The van der Waals surface area contributed by atoms with Gasteiger partial charge in [0.2, 0.25) is 0 Å². The van der Waals surface area contributed by atoms with Crippen LogP contribution in [0.1, 0.15) is 32.6 Å². The molecule has 0 spiro atoms. The van der Waals surface area contributed by atoms with Gasteiger partial charge in [0, 0.05) is 18.6 Å². The molecule has 0 radical (unpaired) electrons. The Morgan fingerprint density at radius 3 is 3.00 bits per heavy atom. The third kappa shape index (κ3) is 2.98. The number of rotatable bonds is 3. The van der Waals surface area contributed by atoms with Crippen LogP contribution in [0.25, 0.3) is 0 Å². The Labute approximate surface area is 80.5 Å². The number of hydrogen-bond donors (Lipinski definition) is 1. The van der Waals surface area contributed by atoms with Crippen molar-refractivity contribution in [2.45, 2.75) is 44.7 Å². The Morgan fingerprint density at radius 1 is 1.69 bits per heavy atom. The smallest absolute Gasteiger partial charge is 0.0638 e. The van der Waals surface area contributed by atoms with Gasteiger partial charge in [-0.05, 0) is 25.8 Å². The second kappa shape index (κ2) is 5.21. The Hall–Kier alpha value is -0.590. The molecule has 1 aliphatic heterocycles. The summed E-state index contributed by atoms with van der Waals surface area (Å²) >= 11 is 0. The minimum Gasteiger partial charge on any atom is -0.327 e. The lowest BCUT2D eigenvalue weighted by molar-refractivity contribution is 0.147. The second-order valence-electron chi connectivity index (χ2n) is 3.82. The molecule has 2 N–H and O–H groups in total. The van der Waals surface area contributed by atoms with Crippen molar-refractivity contribution < 1.29 is 0 Å². The van der Waals surface area contributed by atoms with E-state index in [0.29, 0.717) is 18.5 Å². The third-order valence-corrected chi connectivity index (χ3v) is 2.80. The zero-order valence-corrected chi connectivity index (χ0v) is 8.37. The van der Waals surface area contributed by atoms with Crippen molar-refractivity contribution in [3.05, 3.63) is 0 Å². The molecule has 2 unspecified atom stereocenters. The summed E-state index contributed by atoms with van der Waals surface area (Å²) in [5.41, 5.74) is 5.89. The van der Waals surface area contributed by atoms with Crippen LogP contribution in [0.5, 0.6) is 0 Å². The van der Waals surface area contributed by atoms with Crippen LogP contribution >= 0.6 is 0 Å². The third-order valence-electron chi connectivity index (χ3n) is 2.80. The molecule has 3 heteroatoms. The first kappa shape index (κ1) is 10.5. The van der Waals surface area contributed by atoms with Crippen molar-refractivity contribution in [3.63, 3.8) is 0 Å². The average Bonchev–Trinajstić information content (AvgIpc) is 2.14. The van der Waals surface area contributed by atoms with E-state index in [1.807, 2.05) is 0 Å². The maximum atomic E-state index is 8.66. The van der Waals surface area contributed by atoms with Gasteiger partial charge in [0.1, 0.15) is 0 Å². The molecule has 74 valence electrons. The van der Waals surface area contributed by atoms with Crippen LogP contribution in [0, 0.1) is 11.3 Å². The van der Waals surface area contributed by atoms with Crippen molar-refractivity contribution in [2.24, 2.45) is 5.73 Å². The highest BCUT2D eigenvalue weighted by atomic mass is 15.2. The molecular weight excluding hydrogens is 162 g/mol. The van der Waals surface area contributed by atoms with Gasteiger partial charge in [-0.25, -0.2) is 0 Å². The first-order valence-electron chi connectivity index (χ1n) is 5.14. The van der Waals surface area contributed by atoms with Gasteiger partial charge in [-0.2, -0.15) is 5.26 Å². The molecule has 3 nitrogen and oxygen atoms in total. The van der Waals surface area contributed by atoms with Crippen LogP contribution in [0.3, 0.4) is 0 Å². The molecule has 0 saturated carbocycles. The fourth-order valence-corrected chi connectivity index (χ4v) is 2.01. The van der Waals surface area contributed by atoms with Gasteiger partial charge in [0.25, 0.3) is 0 Å². The van der Waals surface area contributed by atoms with Crippen molar-refractivity contribution in [3.8, 4) is 6.07 Å². The minimum absolute atomic E-state index is 0.321. The van der Waals surface area contributed by atoms with Gasteiger partial charge in [-0.3, -0.25) is 4.90 Å². The Balaban J connectivity index is 2.43. The highest BCUT2D eigenvalue weighted by Crippen LogP contribution is 2.15. The predicted molar refractivity (Wildman–Crippen MR) is 53.1 cm³/mol. The SMILES string of the molecule is CCC(CC#N)N1CCCC(N)C1. The summed E-state index contributed by atoms with van der Waals surface area (Å²) in [6, 6.07) is 3.00. The maximum absolute atomic E-state index is 8.66. The number of piperidine rings is 1. The molecule has 0 aromatic heterocycles. The molecule has 1 aliphatic rings. The molecule has 0 amide bonds. The second-order valence-corrected chi connectivity index (χ2v) is 3.82. The monoisotopic (exact) mass is 181 g/mol. The zero-order chi connectivity index (χ0) is 9.68. The summed E-state index contributed by atoms with van der Waals surface area (Å²) in [6.07, 6.45) is 4.02. The molecule has 2 atom stereocenters. The lowest BCUT2D eigenvalue weighted by atomic mass is 10.0. The van der Waals surface area contributed by atoms with Crippen molar-refractivity contribution >= 4 is 0 Å². The molecule has 0 aromatic carbocycles. The van der Waals surface area contributed by atoms with Crippen LogP contribution in [0.4, 0.5) is 0 Å². The topological polar surface area (TPSA) is 53.0 Å². The van der Waals surface area contributed by atoms with Crippen LogP contribution in [-0.4, -0.2) is 30.1 Å². The zero-order valence-electron chi connectivity index (χ0n) is 8.37. The average molecular weight is 181 g/mol. The van der Waals surface area contributed by atoms with Gasteiger partial charge in [-0.15, -0.1) is 0 Å². The largest absolute Gasteiger partial charge is 0.327 e. The number of likely N-dealkylation sites (tertiary alicyclic amines) is 1. The Morgan fingerprint density at radius 2 is 2.46 bits per heavy atom. The molecular formula is C10H19N3. The first-order valence-corrected chi connectivity index (χ1v) is 5.14. The number of nitriles is 1. The number of nitrogens with zero attached hydrogens (tertiary/aromatic N) is 2. The molecule has 1 saturated heterocycles. The quantitative estimate of drug-likeness (QED) is 0.709.